The van der Waals surface area contributed by atoms with Crippen molar-refractivity contribution in [1.82, 2.24) is 5.43 Å². The standard InChI is InChI=1S/C14H8BrN3O4S/c15-9-5-11(23-7-9)6-16-17-14(19)13-4-8-3-10(18(20)21)1-2-12(8)22-13/h1-7H,(H,17,19)/b16-6+. The number of non-ortho nitro benzene ring substituents is 1. The number of fused-ring (bicyclic) bond motifs is 1. The second-order valence-electron chi connectivity index (χ2n) is 4.46. The van der Waals surface area contributed by atoms with Crippen LogP contribution in [0, 0.1) is 10.1 Å². The van der Waals surface area contributed by atoms with Crippen LogP contribution < -0.4 is 5.43 Å². The van der Waals surface area contributed by atoms with Crippen LogP contribution in [-0.4, -0.2) is 17.0 Å². The number of carbonyl (C=O) groups excluding carboxylic acids is 1. The molecule has 0 saturated carbocycles. The molecule has 2 heterocycles. The van der Waals surface area contributed by atoms with Crippen molar-refractivity contribution in [2.45, 2.75) is 0 Å². The van der Waals surface area contributed by atoms with E-state index in [4.69, 9.17) is 4.42 Å². The summed E-state index contributed by atoms with van der Waals surface area (Å²) in [6, 6.07) is 7.43. The van der Waals surface area contributed by atoms with Gasteiger partial charge in [0.15, 0.2) is 5.76 Å². The molecule has 0 aliphatic rings. The van der Waals surface area contributed by atoms with Gasteiger partial charge in [-0.3, -0.25) is 14.9 Å². The summed E-state index contributed by atoms with van der Waals surface area (Å²) in [7, 11) is 0. The summed E-state index contributed by atoms with van der Waals surface area (Å²) in [6.07, 6.45) is 1.51. The SMILES string of the molecule is O=C(N/N=C/c1cc(Br)cs1)c1cc2cc([N+](=O)[O-])ccc2o1. The van der Waals surface area contributed by atoms with Crippen LogP contribution in [0.3, 0.4) is 0 Å². The Kier molecular flexibility index (Phi) is 4.22. The number of rotatable bonds is 4. The van der Waals surface area contributed by atoms with Crippen molar-refractivity contribution in [3.8, 4) is 0 Å². The molecule has 7 nitrogen and oxygen atoms in total. The highest BCUT2D eigenvalue weighted by molar-refractivity contribution is 9.10. The van der Waals surface area contributed by atoms with E-state index in [0.717, 1.165) is 9.35 Å². The maximum Gasteiger partial charge on any atom is 0.307 e. The number of furan rings is 1. The summed E-state index contributed by atoms with van der Waals surface area (Å²) in [4.78, 5) is 23.1. The lowest BCUT2D eigenvalue weighted by Gasteiger charge is -1.93. The van der Waals surface area contributed by atoms with E-state index in [1.54, 1.807) is 0 Å². The number of hydrogen-bond donors (Lipinski definition) is 1. The van der Waals surface area contributed by atoms with Gasteiger partial charge in [0, 0.05) is 32.2 Å². The highest BCUT2D eigenvalue weighted by Gasteiger charge is 2.14. The Labute approximate surface area is 141 Å². The molecule has 0 atom stereocenters. The third-order valence-electron chi connectivity index (χ3n) is 2.88. The molecule has 1 N–H and O–H groups in total. The number of nitro benzene ring substituents is 1. The maximum atomic E-state index is 12.0. The van der Waals surface area contributed by atoms with Gasteiger partial charge in [-0.25, -0.2) is 5.43 Å². The number of benzene rings is 1. The van der Waals surface area contributed by atoms with Gasteiger partial charge in [-0.1, -0.05) is 0 Å². The summed E-state index contributed by atoms with van der Waals surface area (Å²) >= 11 is 4.79. The molecule has 1 aromatic carbocycles. The molecule has 2 aromatic heterocycles. The Hall–Kier alpha value is -2.52. The van der Waals surface area contributed by atoms with E-state index in [-0.39, 0.29) is 11.4 Å². The Balaban J connectivity index is 1.75. The Morgan fingerprint density at radius 1 is 1.39 bits per heavy atom. The van der Waals surface area contributed by atoms with Crippen molar-refractivity contribution in [3.63, 3.8) is 0 Å². The number of nitro groups is 1. The molecule has 0 bridgehead atoms. The average Bonchev–Trinajstić information content (AvgIpc) is 3.12. The zero-order valence-corrected chi connectivity index (χ0v) is 13.8. The molecule has 0 aliphatic carbocycles. The number of nitrogens with one attached hydrogen (secondary N) is 1. The lowest BCUT2D eigenvalue weighted by Crippen LogP contribution is -2.16. The first-order valence-electron chi connectivity index (χ1n) is 6.28. The molecular formula is C14H8BrN3O4S. The lowest BCUT2D eigenvalue weighted by molar-refractivity contribution is -0.384. The van der Waals surface area contributed by atoms with Gasteiger partial charge in [0.1, 0.15) is 5.58 Å². The van der Waals surface area contributed by atoms with E-state index in [1.807, 2.05) is 11.4 Å². The van der Waals surface area contributed by atoms with Gasteiger partial charge in [-0.2, -0.15) is 5.10 Å². The number of thiophene rings is 1. The van der Waals surface area contributed by atoms with Crippen molar-refractivity contribution < 1.29 is 14.1 Å². The van der Waals surface area contributed by atoms with Crippen LogP contribution in [0.4, 0.5) is 5.69 Å². The number of halogens is 1. The number of amides is 1. The molecule has 0 spiro atoms. The summed E-state index contributed by atoms with van der Waals surface area (Å²) in [6.45, 7) is 0. The van der Waals surface area contributed by atoms with Crippen molar-refractivity contribution in [2.75, 3.05) is 0 Å². The fraction of sp³-hybridized carbons (Fsp3) is 0. The summed E-state index contributed by atoms with van der Waals surface area (Å²) in [5, 5.41) is 17.0. The number of hydrogen-bond acceptors (Lipinski definition) is 6. The van der Waals surface area contributed by atoms with Gasteiger partial charge in [-0.15, -0.1) is 11.3 Å². The third-order valence-corrected chi connectivity index (χ3v) is 4.51. The Morgan fingerprint density at radius 3 is 2.91 bits per heavy atom. The Bertz CT molecular complexity index is 931. The molecule has 0 radical (unpaired) electrons. The van der Waals surface area contributed by atoms with Crippen LogP contribution in [0.2, 0.25) is 0 Å². The minimum atomic E-state index is -0.532. The minimum Gasteiger partial charge on any atom is -0.451 e. The molecule has 0 aliphatic heterocycles. The predicted molar refractivity (Wildman–Crippen MR) is 89.9 cm³/mol. The molecule has 0 unspecified atom stereocenters. The summed E-state index contributed by atoms with van der Waals surface area (Å²) in [5.74, 6) is -0.499. The zero-order chi connectivity index (χ0) is 16.4. The molecule has 3 rings (SSSR count). The predicted octanol–water partition coefficient (Wildman–Crippen LogP) is 3.93. The van der Waals surface area contributed by atoms with Gasteiger partial charge in [-0.05, 0) is 34.1 Å². The van der Waals surface area contributed by atoms with Crippen molar-refractivity contribution >= 4 is 56.0 Å². The average molecular weight is 394 g/mol. The number of hydrazone groups is 1. The van der Waals surface area contributed by atoms with Crippen LogP contribution in [0.1, 0.15) is 15.4 Å². The van der Waals surface area contributed by atoms with Gasteiger partial charge in [0.05, 0.1) is 11.1 Å². The lowest BCUT2D eigenvalue weighted by atomic mass is 10.2. The van der Waals surface area contributed by atoms with E-state index < -0.39 is 10.8 Å². The molecule has 0 saturated heterocycles. The normalized spacial score (nSPS) is 11.2. The third kappa shape index (κ3) is 3.46. The van der Waals surface area contributed by atoms with E-state index >= 15 is 0 Å². The first kappa shape index (κ1) is 15.4. The molecule has 9 heteroatoms. The van der Waals surface area contributed by atoms with E-state index in [1.165, 1.54) is 41.8 Å². The van der Waals surface area contributed by atoms with Crippen LogP contribution in [-0.2, 0) is 0 Å². The molecule has 1 amide bonds. The fourth-order valence-electron chi connectivity index (χ4n) is 1.86. The smallest absolute Gasteiger partial charge is 0.307 e. The van der Waals surface area contributed by atoms with Crippen LogP contribution in [0.5, 0.6) is 0 Å². The van der Waals surface area contributed by atoms with Crippen LogP contribution in [0.25, 0.3) is 11.0 Å². The summed E-state index contributed by atoms with van der Waals surface area (Å²) < 4.78 is 6.30. The van der Waals surface area contributed by atoms with Gasteiger partial charge >= 0.3 is 5.91 Å². The minimum absolute atomic E-state index is 0.0324. The van der Waals surface area contributed by atoms with E-state index in [9.17, 15) is 14.9 Å². The molecule has 23 heavy (non-hydrogen) atoms. The quantitative estimate of drug-likeness (QED) is 0.412. The Morgan fingerprint density at radius 2 is 2.22 bits per heavy atom. The number of carbonyl (C=O) groups is 1. The molecule has 0 fully saturated rings. The summed E-state index contributed by atoms with van der Waals surface area (Å²) in [5.41, 5.74) is 2.68. The van der Waals surface area contributed by atoms with Gasteiger partial charge in [0.25, 0.3) is 5.69 Å². The second kappa shape index (κ2) is 6.31. The first-order valence-corrected chi connectivity index (χ1v) is 7.95. The molecule has 3 aromatic rings. The molecule has 116 valence electrons. The highest BCUT2D eigenvalue weighted by Crippen LogP contribution is 2.24. The monoisotopic (exact) mass is 393 g/mol. The highest BCUT2D eigenvalue weighted by atomic mass is 79.9. The van der Waals surface area contributed by atoms with E-state index in [0.29, 0.717) is 11.0 Å². The van der Waals surface area contributed by atoms with Crippen LogP contribution >= 0.6 is 27.3 Å². The fourth-order valence-corrected chi connectivity index (χ4v) is 3.17. The van der Waals surface area contributed by atoms with Crippen LogP contribution in [0.15, 0.2) is 49.7 Å². The number of nitrogens with zero attached hydrogens (tertiary/aromatic N) is 2. The van der Waals surface area contributed by atoms with Gasteiger partial charge in [0.2, 0.25) is 0 Å². The first-order chi connectivity index (χ1) is 11.0. The van der Waals surface area contributed by atoms with E-state index in [2.05, 4.69) is 26.5 Å². The van der Waals surface area contributed by atoms with Gasteiger partial charge < -0.3 is 4.42 Å². The van der Waals surface area contributed by atoms with Crippen molar-refractivity contribution in [2.24, 2.45) is 5.10 Å². The molecular weight excluding hydrogens is 386 g/mol. The second-order valence-corrected chi connectivity index (χ2v) is 6.31. The maximum absolute atomic E-state index is 12.0. The largest absolute Gasteiger partial charge is 0.451 e. The zero-order valence-electron chi connectivity index (χ0n) is 11.4. The topological polar surface area (TPSA) is 97.7 Å². The van der Waals surface area contributed by atoms with Crippen molar-refractivity contribution in [1.29, 1.82) is 0 Å². The van der Waals surface area contributed by atoms with Crippen molar-refractivity contribution in [3.05, 3.63) is 60.9 Å².